The van der Waals surface area contributed by atoms with Crippen LogP contribution < -0.4 is 11.1 Å². The number of nitro groups is 1. The number of benzene rings is 2. The Morgan fingerprint density at radius 3 is 2.92 bits per heavy atom. The molecule has 26 heavy (non-hydrogen) atoms. The molecule has 1 amide bonds. The van der Waals surface area contributed by atoms with Crippen molar-refractivity contribution >= 4 is 56.3 Å². The molecule has 2 aromatic carbocycles. The summed E-state index contributed by atoms with van der Waals surface area (Å²) in [6, 6.07) is 11.4. The van der Waals surface area contributed by atoms with Gasteiger partial charge in [0.1, 0.15) is 0 Å². The summed E-state index contributed by atoms with van der Waals surface area (Å²) in [5.74, 6) is -0.211. The fraction of sp³-hybridized carbons (Fsp3) is 0.176. The number of nitrogens with two attached hydrogens (primary N) is 1. The van der Waals surface area contributed by atoms with Gasteiger partial charge < -0.3 is 11.1 Å². The van der Waals surface area contributed by atoms with Crippen LogP contribution in [0.2, 0.25) is 0 Å². The summed E-state index contributed by atoms with van der Waals surface area (Å²) in [7, 11) is 0. The number of aromatic nitrogens is 1. The number of carbonyl (C=O) groups is 1. The van der Waals surface area contributed by atoms with Gasteiger partial charge in [-0.15, -0.1) is 11.3 Å². The fourth-order valence-corrected chi connectivity index (χ4v) is 4.62. The van der Waals surface area contributed by atoms with Crippen molar-refractivity contribution < 1.29 is 9.72 Å². The molecule has 3 rings (SSSR count). The Balaban J connectivity index is 1.73. The van der Waals surface area contributed by atoms with Crippen molar-refractivity contribution in [2.45, 2.75) is 22.9 Å². The highest BCUT2D eigenvalue weighted by Crippen LogP contribution is 2.34. The lowest BCUT2D eigenvalue weighted by atomic mass is 10.2. The zero-order valence-electron chi connectivity index (χ0n) is 13.8. The molecule has 0 aliphatic carbocycles. The van der Waals surface area contributed by atoms with Crippen molar-refractivity contribution in [2.24, 2.45) is 0 Å². The number of thioether (sulfide) groups is 1. The number of thiazole rings is 1. The van der Waals surface area contributed by atoms with Crippen LogP contribution in [0.4, 0.5) is 17.1 Å². The first-order chi connectivity index (χ1) is 12.5. The SMILES string of the molecule is CCC(Sc1nc2ccc(N)cc2s1)C(=O)Nc1cccc([N+](=O)[O-])c1. The summed E-state index contributed by atoms with van der Waals surface area (Å²) < 4.78 is 1.76. The lowest BCUT2D eigenvalue weighted by molar-refractivity contribution is -0.384. The molecule has 7 nitrogen and oxygen atoms in total. The summed E-state index contributed by atoms with van der Waals surface area (Å²) in [5.41, 5.74) is 7.65. The van der Waals surface area contributed by atoms with Crippen LogP contribution in [-0.4, -0.2) is 21.1 Å². The number of nitrogens with one attached hydrogen (secondary N) is 1. The number of nitrogens with zero attached hydrogens (tertiary/aromatic N) is 2. The average Bonchev–Trinajstić information content (AvgIpc) is 3.01. The summed E-state index contributed by atoms with van der Waals surface area (Å²) in [6.45, 7) is 1.91. The maximum Gasteiger partial charge on any atom is 0.271 e. The molecule has 0 bridgehead atoms. The molecule has 3 N–H and O–H groups in total. The van der Waals surface area contributed by atoms with E-state index in [0.717, 1.165) is 14.6 Å². The van der Waals surface area contributed by atoms with Gasteiger partial charge in [0.05, 0.1) is 20.4 Å². The van der Waals surface area contributed by atoms with Gasteiger partial charge in [-0.25, -0.2) is 4.98 Å². The lowest BCUT2D eigenvalue weighted by Gasteiger charge is -2.13. The molecule has 0 saturated carbocycles. The first-order valence-corrected chi connectivity index (χ1v) is 9.54. The van der Waals surface area contributed by atoms with Gasteiger partial charge in [-0.05, 0) is 30.7 Å². The summed E-state index contributed by atoms with van der Waals surface area (Å²) in [6.07, 6.45) is 0.601. The zero-order chi connectivity index (χ0) is 18.7. The molecule has 1 aromatic heterocycles. The second-order valence-electron chi connectivity index (χ2n) is 5.52. The largest absolute Gasteiger partial charge is 0.399 e. The third-order valence-electron chi connectivity index (χ3n) is 3.62. The third kappa shape index (κ3) is 4.12. The van der Waals surface area contributed by atoms with Crippen LogP contribution in [0.3, 0.4) is 0 Å². The second kappa shape index (κ2) is 7.71. The quantitative estimate of drug-likeness (QED) is 0.282. The maximum atomic E-state index is 12.6. The van der Waals surface area contributed by atoms with Crippen LogP contribution in [0.1, 0.15) is 13.3 Å². The summed E-state index contributed by atoms with van der Waals surface area (Å²) in [4.78, 5) is 27.4. The minimum atomic E-state index is -0.492. The fourth-order valence-electron chi connectivity index (χ4n) is 2.33. The van der Waals surface area contributed by atoms with Crippen LogP contribution in [-0.2, 0) is 4.79 Å². The van der Waals surface area contributed by atoms with E-state index in [2.05, 4.69) is 10.3 Å². The Morgan fingerprint density at radius 2 is 2.19 bits per heavy atom. The topological polar surface area (TPSA) is 111 Å². The molecule has 0 spiro atoms. The van der Waals surface area contributed by atoms with Gasteiger partial charge in [0.2, 0.25) is 5.91 Å². The van der Waals surface area contributed by atoms with Crippen molar-refractivity contribution in [3.63, 3.8) is 0 Å². The molecule has 0 aliphatic heterocycles. The molecule has 134 valence electrons. The van der Waals surface area contributed by atoms with Crippen LogP contribution in [0, 0.1) is 10.1 Å². The number of non-ortho nitro benzene ring substituents is 1. The number of hydrogen-bond donors (Lipinski definition) is 2. The number of nitrogen functional groups attached to an aromatic ring is 1. The average molecular weight is 388 g/mol. The Labute approximate surface area is 157 Å². The number of hydrogen-bond acceptors (Lipinski definition) is 7. The van der Waals surface area contributed by atoms with E-state index in [4.69, 9.17) is 5.73 Å². The highest BCUT2D eigenvalue weighted by Gasteiger charge is 2.21. The predicted molar refractivity (Wildman–Crippen MR) is 106 cm³/mol. The molecule has 0 saturated heterocycles. The number of nitro benzene ring substituents is 1. The van der Waals surface area contributed by atoms with Crippen LogP contribution in [0.25, 0.3) is 10.2 Å². The Bertz CT molecular complexity index is 974. The minimum Gasteiger partial charge on any atom is -0.399 e. The number of amides is 1. The van der Waals surface area contributed by atoms with Gasteiger partial charge in [0, 0.05) is 23.5 Å². The van der Waals surface area contributed by atoms with E-state index in [9.17, 15) is 14.9 Å². The second-order valence-corrected chi connectivity index (χ2v) is 8.00. The number of fused-ring (bicyclic) bond motifs is 1. The van der Waals surface area contributed by atoms with Gasteiger partial charge in [-0.2, -0.15) is 0 Å². The van der Waals surface area contributed by atoms with Crippen molar-refractivity contribution in [1.29, 1.82) is 0 Å². The van der Waals surface area contributed by atoms with Gasteiger partial charge in [0.15, 0.2) is 4.34 Å². The number of carbonyl (C=O) groups excluding carboxylic acids is 1. The molecule has 0 fully saturated rings. The van der Waals surface area contributed by atoms with Gasteiger partial charge in [-0.1, -0.05) is 24.8 Å². The first kappa shape index (κ1) is 18.2. The standard InChI is InChI=1S/C17H16N4O3S2/c1-2-14(16(22)19-11-4-3-5-12(9-11)21(23)24)25-17-20-13-7-6-10(18)8-15(13)26-17/h3-9,14H,2,18H2,1H3,(H,19,22). The Morgan fingerprint density at radius 1 is 1.38 bits per heavy atom. The van der Waals surface area contributed by atoms with Crippen LogP contribution in [0.15, 0.2) is 46.8 Å². The summed E-state index contributed by atoms with van der Waals surface area (Å²) >= 11 is 2.87. The number of anilines is 2. The molecule has 1 heterocycles. The molecular formula is C17H16N4O3S2. The lowest BCUT2D eigenvalue weighted by Crippen LogP contribution is -2.24. The Kier molecular flexibility index (Phi) is 5.38. The first-order valence-electron chi connectivity index (χ1n) is 7.84. The van der Waals surface area contributed by atoms with Crippen molar-refractivity contribution in [2.75, 3.05) is 11.1 Å². The molecule has 0 aliphatic rings. The predicted octanol–water partition coefficient (Wildman–Crippen LogP) is 4.30. The van der Waals surface area contributed by atoms with Crippen LogP contribution in [0.5, 0.6) is 0 Å². The van der Waals surface area contributed by atoms with Gasteiger partial charge in [0.25, 0.3) is 5.69 Å². The van der Waals surface area contributed by atoms with E-state index < -0.39 is 4.92 Å². The smallest absolute Gasteiger partial charge is 0.271 e. The molecular weight excluding hydrogens is 372 g/mol. The molecule has 1 unspecified atom stereocenters. The van der Waals surface area contributed by atoms with Crippen molar-refractivity contribution in [3.8, 4) is 0 Å². The molecule has 1 atom stereocenters. The third-order valence-corrected chi connectivity index (χ3v) is 6.10. The molecule has 0 radical (unpaired) electrons. The van der Waals surface area contributed by atoms with E-state index in [-0.39, 0.29) is 16.8 Å². The van der Waals surface area contributed by atoms with Crippen LogP contribution >= 0.6 is 23.1 Å². The number of rotatable bonds is 6. The van der Waals surface area contributed by atoms with Gasteiger partial charge in [-0.3, -0.25) is 14.9 Å². The normalized spacial score (nSPS) is 12.0. The molecule has 9 heteroatoms. The highest BCUT2D eigenvalue weighted by molar-refractivity contribution is 8.02. The highest BCUT2D eigenvalue weighted by atomic mass is 32.2. The van der Waals surface area contributed by atoms with E-state index in [1.807, 2.05) is 19.1 Å². The monoisotopic (exact) mass is 388 g/mol. The van der Waals surface area contributed by atoms with E-state index in [0.29, 0.717) is 17.8 Å². The Hall–Kier alpha value is -2.65. The summed E-state index contributed by atoms with van der Waals surface area (Å²) in [5, 5.41) is 13.2. The minimum absolute atomic E-state index is 0.0627. The van der Waals surface area contributed by atoms with E-state index in [1.165, 1.54) is 35.2 Å². The van der Waals surface area contributed by atoms with E-state index in [1.54, 1.807) is 18.2 Å². The zero-order valence-corrected chi connectivity index (χ0v) is 15.5. The van der Waals surface area contributed by atoms with Crippen molar-refractivity contribution in [1.82, 2.24) is 4.98 Å². The van der Waals surface area contributed by atoms with Gasteiger partial charge >= 0.3 is 0 Å². The van der Waals surface area contributed by atoms with Crippen molar-refractivity contribution in [3.05, 3.63) is 52.6 Å². The molecule has 3 aromatic rings. The van der Waals surface area contributed by atoms with E-state index >= 15 is 0 Å². The maximum absolute atomic E-state index is 12.6.